The van der Waals surface area contributed by atoms with Crippen molar-refractivity contribution in [2.24, 2.45) is 7.05 Å². The second-order valence-electron chi connectivity index (χ2n) is 7.37. The van der Waals surface area contributed by atoms with Crippen LogP contribution in [-0.4, -0.2) is 52.6 Å². The number of fused-ring (bicyclic) bond motifs is 1. The van der Waals surface area contributed by atoms with E-state index in [4.69, 9.17) is 9.72 Å². The van der Waals surface area contributed by atoms with Crippen molar-refractivity contribution in [3.05, 3.63) is 40.8 Å². The number of aromatic nitrogens is 4. The molecular weight excluding hydrogens is 356 g/mol. The monoisotopic (exact) mass is 382 g/mol. The largest absolute Gasteiger partial charge is 0.497 e. The zero-order chi connectivity index (χ0) is 19.8. The van der Waals surface area contributed by atoms with Crippen molar-refractivity contribution in [2.75, 3.05) is 43.1 Å². The highest BCUT2D eigenvalue weighted by Crippen LogP contribution is 2.24. The van der Waals surface area contributed by atoms with Gasteiger partial charge in [0.2, 0.25) is 5.95 Å². The summed E-state index contributed by atoms with van der Waals surface area (Å²) in [6, 6.07) is 8.25. The number of anilines is 2. The predicted molar refractivity (Wildman–Crippen MR) is 111 cm³/mol. The summed E-state index contributed by atoms with van der Waals surface area (Å²) >= 11 is 0. The second kappa shape index (κ2) is 7.18. The van der Waals surface area contributed by atoms with E-state index in [0.29, 0.717) is 17.0 Å². The summed E-state index contributed by atoms with van der Waals surface area (Å²) in [6.07, 6.45) is 1.62. The standard InChI is InChI=1S/C20H26N6O2/c1-14(2)26-18-17(13-21-26)19(27)23(3)20(22-18)25-10-8-24(9-11-25)15-6-5-7-16(12-15)28-4/h5-7,12-14H,8-11H2,1-4H3. The third kappa shape index (κ3) is 3.08. The number of rotatable bonds is 4. The maximum atomic E-state index is 12.8. The van der Waals surface area contributed by atoms with E-state index in [1.54, 1.807) is 24.9 Å². The highest BCUT2D eigenvalue weighted by Gasteiger charge is 2.23. The van der Waals surface area contributed by atoms with Crippen molar-refractivity contribution in [1.29, 1.82) is 0 Å². The highest BCUT2D eigenvalue weighted by molar-refractivity contribution is 5.75. The molecule has 1 aliphatic heterocycles. The van der Waals surface area contributed by atoms with Gasteiger partial charge in [-0.1, -0.05) is 6.07 Å². The van der Waals surface area contributed by atoms with E-state index in [0.717, 1.165) is 37.6 Å². The number of benzene rings is 1. The van der Waals surface area contributed by atoms with Crippen LogP contribution in [0.3, 0.4) is 0 Å². The Bertz CT molecular complexity index is 1050. The Kier molecular flexibility index (Phi) is 4.70. The van der Waals surface area contributed by atoms with Gasteiger partial charge < -0.3 is 14.5 Å². The van der Waals surface area contributed by atoms with Gasteiger partial charge in [-0.15, -0.1) is 0 Å². The molecule has 0 amide bonds. The average molecular weight is 382 g/mol. The third-order valence-corrected chi connectivity index (χ3v) is 5.28. The first-order chi connectivity index (χ1) is 13.5. The molecule has 8 nitrogen and oxygen atoms in total. The van der Waals surface area contributed by atoms with Gasteiger partial charge in [-0.2, -0.15) is 10.1 Å². The molecule has 0 unspecified atom stereocenters. The summed E-state index contributed by atoms with van der Waals surface area (Å²) in [5.41, 5.74) is 1.75. The normalized spacial score (nSPS) is 14.9. The van der Waals surface area contributed by atoms with Crippen molar-refractivity contribution >= 4 is 22.7 Å². The lowest BCUT2D eigenvalue weighted by Crippen LogP contribution is -2.48. The zero-order valence-electron chi connectivity index (χ0n) is 16.8. The van der Waals surface area contributed by atoms with E-state index in [1.807, 2.05) is 30.7 Å². The zero-order valence-corrected chi connectivity index (χ0v) is 16.8. The molecule has 4 rings (SSSR count). The maximum Gasteiger partial charge on any atom is 0.265 e. The van der Waals surface area contributed by atoms with Gasteiger partial charge >= 0.3 is 0 Å². The van der Waals surface area contributed by atoms with Crippen molar-refractivity contribution in [3.8, 4) is 5.75 Å². The Labute approximate surface area is 164 Å². The molecule has 0 N–H and O–H groups in total. The molecule has 1 aromatic carbocycles. The molecule has 28 heavy (non-hydrogen) atoms. The van der Waals surface area contributed by atoms with Crippen LogP contribution in [0.1, 0.15) is 19.9 Å². The maximum absolute atomic E-state index is 12.8. The van der Waals surface area contributed by atoms with Crippen LogP contribution in [0, 0.1) is 0 Å². The summed E-state index contributed by atoms with van der Waals surface area (Å²) in [7, 11) is 3.46. The van der Waals surface area contributed by atoms with Gasteiger partial charge in [0.15, 0.2) is 5.65 Å². The molecule has 0 atom stereocenters. The summed E-state index contributed by atoms with van der Waals surface area (Å²) in [5, 5.41) is 4.92. The molecule has 0 aliphatic carbocycles. The van der Waals surface area contributed by atoms with E-state index in [2.05, 4.69) is 27.0 Å². The first kappa shape index (κ1) is 18.3. The first-order valence-electron chi connectivity index (χ1n) is 9.58. The fourth-order valence-electron chi connectivity index (χ4n) is 3.69. The Hall–Kier alpha value is -3.03. The molecule has 0 saturated carbocycles. The van der Waals surface area contributed by atoms with Gasteiger partial charge in [-0.05, 0) is 26.0 Å². The van der Waals surface area contributed by atoms with Gasteiger partial charge in [0.05, 0.1) is 13.3 Å². The number of piperazine rings is 1. The molecule has 1 saturated heterocycles. The topological polar surface area (TPSA) is 68.4 Å². The van der Waals surface area contributed by atoms with E-state index in [1.165, 1.54) is 0 Å². The predicted octanol–water partition coefficient (Wildman–Crippen LogP) is 2.05. The second-order valence-corrected chi connectivity index (χ2v) is 7.37. The summed E-state index contributed by atoms with van der Waals surface area (Å²) < 4.78 is 8.78. The fraction of sp³-hybridized carbons (Fsp3) is 0.450. The Balaban J connectivity index is 1.60. The molecular formula is C20H26N6O2. The lowest BCUT2D eigenvalue weighted by atomic mass is 10.2. The molecule has 0 spiro atoms. The minimum atomic E-state index is -0.0536. The number of ether oxygens (including phenoxy) is 1. The molecule has 3 aromatic rings. The van der Waals surface area contributed by atoms with Crippen molar-refractivity contribution in [1.82, 2.24) is 19.3 Å². The Morgan fingerprint density at radius 1 is 1.11 bits per heavy atom. The molecule has 3 heterocycles. The number of hydrogen-bond acceptors (Lipinski definition) is 6. The minimum Gasteiger partial charge on any atom is -0.497 e. The van der Waals surface area contributed by atoms with E-state index < -0.39 is 0 Å². The van der Waals surface area contributed by atoms with Gasteiger partial charge in [-0.3, -0.25) is 9.36 Å². The van der Waals surface area contributed by atoms with E-state index in [9.17, 15) is 4.79 Å². The molecule has 1 aliphatic rings. The average Bonchev–Trinajstić information content (AvgIpc) is 3.15. The van der Waals surface area contributed by atoms with Crippen LogP contribution in [0.5, 0.6) is 5.75 Å². The Morgan fingerprint density at radius 3 is 2.50 bits per heavy atom. The van der Waals surface area contributed by atoms with Crippen molar-refractivity contribution in [2.45, 2.75) is 19.9 Å². The summed E-state index contributed by atoms with van der Waals surface area (Å²) in [5.74, 6) is 1.56. The molecule has 2 aromatic heterocycles. The lowest BCUT2D eigenvalue weighted by Gasteiger charge is -2.37. The number of nitrogens with zero attached hydrogens (tertiary/aromatic N) is 6. The number of hydrogen-bond donors (Lipinski definition) is 0. The van der Waals surface area contributed by atoms with Crippen LogP contribution in [0.4, 0.5) is 11.6 Å². The molecule has 8 heteroatoms. The quantitative estimate of drug-likeness (QED) is 0.688. The number of methoxy groups -OCH3 is 1. The highest BCUT2D eigenvalue weighted by atomic mass is 16.5. The smallest absolute Gasteiger partial charge is 0.265 e. The van der Waals surface area contributed by atoms with E-state index >= 15 is 0 Å². The van der Waals surface area contributed by atoms with E-state index in [-0.39, 0.29) is 11.6 Å². The summed E-state index contributed by atoms with van der Waals surface area (Å²) in [4.78, 5) is 22.1. The van der Waals surface area contributed by atoms with Gasteiger partial charge in [0.25, 0.3) is 5.56 Å². The lowest BCUT2D eigenvalue weighted by molar-refractivity contribution is 0.414. The Morgan fingerprint density at radius 2 is 1.82 bits per heavy atom. The molecule has 0 radical (unpaired) electrons. The molecule has 0 bridgehead atoms. The first-order valence-corrected chi connectivity index (χ1v) is 9.58. The van der Waals surface area contributed by atoms with Crippen LogP contribution in [0.25, 0.3) is 11.0 Å². The van der Waals surface area contributed by atoms with Crippen LogP contribution in [-0.2, 0) is 7.05 Å². The van der Waals surface area contributed by atoms with Crippen LogP contribution < -0.4 is 20.1 Å². The van der Waals surface area contributed by atoms with Gasteiger partial charge in [-0.25, -0.2) is 4.68 Å². The van der Waals surface area contributed by atoms with Crippen LogP contribution >= 0.6 is 0 Å². The molecule has 1 fully saturated rings. The van der Waals surface area contributed by atoms with Gasteiger partial charge in [0.1, 0.15) is 11.1 Å². The third-order valence-electron chi connectivity index (χ3n) is 5.28. The summed E-state index contributed by atoms with van der Waals surface area (Å²) in [6.45, 7) is 7.36. The van der Waals surface area contributed by atoms with Crippen molar-refractivity contribution < 1.29 is 4.74 Å². The van der Waals surface area contributed by atoms with Crippen molar-refractivity contribution in [3.63, 3.8) is 0 Å². The fourth-order valence-corrected chi connectivity index (χ4v) is 3.69. The van der Waals surface area contributed by atoms with Gasteiger partial charge in [0, 0.05) is 51.0 Å². The minimum absolute atomic E-state index is 0.0536. The van der Waals surface area contributed by atoms with Crippen LogP contribution in [0.2, 0.25) is 0 Å². The molecule has 148 valence electrons. The van der Waals surface area contributed by atoms with Crippen LogP contribution in [0.15, 0.2) is 35.3 Å². The SMILES string of the molecule is COc1cccc(N2CCN(c3nc4c(cnn4C(C)C)c(=O)n3C)CC2)c1.